The van der Waals surface area contributed by atoms with Crippen LogP contribution in [0.3, 0.4) is 0 Å². The predicted octanol–water partition coefficient (Wildman–Crippen LogP) is 0.744. The molecule has 0 saturated carbocycles. The summed E-state index contributed by atoms with van der Waals surface area (Å²) in [6, 6.07) is 0.0908. The third-order valence-electron chi connectivity index (χ3n) is 3.19. The zero-order chi connectivity index (χ0) is 14.9. The number of hydrogen-bond donors (Lipinski definition) is 1. The monoisotopic (exact) mass is 309 g/mol. The van der Waals surface area contributed by atoms with Crippen molar-refractivity contribution in [3.63, 3.8) is 0 Å². The summed E-state index contributed by atoms with van der Waals surface area (Å²) >= 11 is 0. The van der Waals surface area contributed by atoms with Gasteiger partial charge < -0.3 is 4.74 Å². The molecule has 0 aliphatic carbocycles. The van der Waals surface area contributed by atoms with Gasteiger partial charge in [0, 0.05) is 12.8 Å². The maximum atomic E-state index is 12.3. The summed E-state index contributed by atoms with van der Waals surface area (Å²) in [4.78, 5) is 8.07. The quantitative estimate of drug-likeness (QED) is 0.894. The number of nitrogens with one attached hydrogen (secondary N) is 1. The lowest BCUT2D eigenvalue weighted by Gasteiger charge is -2.07. The average Bonchev–Trinajstić information content (AvgIpc) is 3.11. The van der Waals surface area contributed by atoms with Crippen molar-refractivity contribution in [1.29, 1.82) is 0 Å². The van der Waals surface area contributed by atoms with Crippen molar-refractivity contribution in [1.82, 2.24) is 19.7 Å². The lowest BCUT2D eigenvalue weighted by atomic mass is 10.3. The first-order valence-electron chi connectivity index (χ1n) is 6.48. The van der Waals surface area contributed by atoms with Crippen molar-refractivity contribution >= 4 is 15.8 Å². The third kappa shape index (κ3) is 3.03. The minimum Gasteiger partial charge on any atom is -0.379 e. The van der Waals surface area contributed by atoms with Gasteiger partial charge in [0.1, 0.15) is 4.90 Å². The van der Waals surface area contributed by atoms with Crippen molar-refractivity contribution in [2.24, 2.45) is 0 Å². The Morgan fingerprint density at radius 1 is 1.33 bits per heavy atom. The Morgan fingerprint density at radius 3 is 2.86 bits per heavy atom. The van der Waals surface area contributed by atoms with Gasteiger partial charge in [-0.3, -0.25) is 14.4 Å². The number of aromatic nitrogens is 4. The Bertz CT molecular complexity index is 720. The maximum Gasteiger partial charge on any atom is 0.266 e. The van der Waals surface area contributed by atoms with E-state index in [0.717, 1.165) is 6.42 Å². The summed E-state index contributed by atoms with van der Waals surface area (Å²) in [5.41, 5.74) is 0.715. The molecule has 0 aromatic carbocycles. The SMILES string of the molecule is Cc1cnc(NS(=O)(=O)c2cnn(C3CCOC3)c2)cn1. The van der Waals surface area contributed by atoms with Gasteiger partial charge in [0.25, 0.3) is 10.0 Å². The molecule has 1 saturated heterocycles. The van der Waals surface area contributed by atoms with Gasteiger partial charge in [-0.1, -0.05) is 0 Å². The van der Waals surface area contributed by atoms with Crippen LogP contribution in [-0.4, -0.2) is 41.4 Å². The van der Waals surface area contributed by atoms with Crippen LogP contribution in [0.2, 0.25) is 0 Å². The minimum absolute atomic E-state index is 0.0908. The Kier molecular flexibility index (Phi) is 3.60. The number of aryl methyl sites for hydroxylation is 1. The molecule has 1 aliphatic heterocycles. The Labute approximate surface area is 122 Å². The van der Waals surface area contributed by atoms with Gasteiger partial charge in [-0.2, -0.15) is 5.10 Å². The zero-order valence-electron chi connectivity index (χ0n) is 11.4. The van der Waals surface area contributed by atoms with Gasteiger partial charge in [0.2, 0.25) is 0 Å². The van der Waals surface area contributed by atoms with Crippen LogP contribution in [0.1, 0.15) is 18.2 Å². The molecule has 0 amide bonds. The molecule has 3 heterocycles. The third-order valence-corrected chi connectivity index (χ3v) is 4.50. The maximum absolute atomic E-state index is 12.3. The molecular weight excluding hydrogens is 294 g/mol. The van der Waals surface area contributed by atoms with Crippen LogP contribution < -0.4 is 4.72 Å². The van der Waals surface area contributed by atoms with Crippen LogP contribution in [0.5, 0.6) is 0 Å². The second-order valence-electron chi connectivity index (χ2n) is 4.82. The molecule has 0 bridgehead atoms. The molecule has 2 aromatic heterocycles. The van der Waals surface area contributed by atoms with Gasteiger partial charge in [0.15, 0.2) is 5.82 Å². The van der Waals surface area contributed by atoms with Gasteiger partial charge in [0.05, 0.1) is 36.9 Å². The lowest BCUT2D eigenvalue weighted by molar-refractivity contribution is 0.184. The van der Waals surface area contributed by atoms with E-state index in [1.807, 2.05) is 0 Å². The Hall–Kier alpha value is -2.00. The van der Waals surface area contributed by atoms with Crippen LogP contribution in [0.25, 0.3) is 0 Å². The topological polar surface area (TPSA) is 99.0 Å². The van der Waals surface area contributed by atoms with Gasteiger partial charge >= 0.3 is 0 Å². The fourth-order valence-electron chi connectivity index (χ4n) is 2.03. The fourth-order valence-corrected chi connectivity index (χ4v) is 2.96. The van der Waals surface area contributed by atoms with Crippen molar-refractivity contribution in [2.75, 3.05) is 17.9 Å². The van der Waals surface area contributed by atoms with E-state index in [1.54, 1.807) is 11.6 Å². The van der Waals surface area contributed by atoms with Gasteiger partial charge in [-0.15, -0.1) is 0 Å². The number of nitrogens with zero attached hydrogens (tertiary/aromatic N) is 4. The normalized spacial score (nSPS) is 18.8. The average molecular weight is 309 g/mol. The first-order chi connectivity index (χ1) is 10.0. The summed E-state index contributed by atoms with van der Waals surface area (Å²) < 4.78 is 33.8. The number of anilines is 1. The highest BCUT2D eigenvalue weighted by Gasteiger charge is 2.22. The molecule has 3 rings (SSSR count). The van der Waals surface area contributed by atoms with Crippen LogP contribution >= 0.6 is 0 Å². The molecule has 1 fully saturated rings. The van der Waals surface area contributed by atoms with E-state index >= 15 is 0 Å². The summed E-state index contributed by atoms with van der Waals surface area (Å²) in [6.07, 6.45) is 6.53. The van der Waals surface area contributed by atoms with Gasteiger partial charge in [-0.05, 0) is 13.3 Å². The van der Waals surface area contributed by atoms with E-state index in [4.69, 9.17) is 4.74 Å². The summed E-state index contributed by atoms with van der Waals surface area (Å²) in [5, 5.41) is 4.10. The molecule has 1 aliphatic rings. The Morgan fingerprint density at radius 2 is 2.19 bits per heavy atom. The largest absolute Gasteiger partial charge is 0.379 e. The molecule has 21 heavy (non-hydrogen) atoms. The van der Waals surface area contributed by atoms with E-state index < -0.39 is 10.0 Å². The molecule has 112 valence electrons. The summed E-state index contributed by atoms with van der Waals surface area (Å²) in [7, 11) is -3.71. The molecule has 8 nitrogen and oxygen atoms in total. The van der Waals surface area contributed by atoms with Crippen molar-refractivity contribution in [3.05, 3.63) is 30.5 Å². The highest BCUT2D eigenvalue weighted by atomic mass is 32.2. The van der Waals surface area contributed by atoms with Crippen molar-refractivity contribution < 1.29 is 13.2 Å². The smallest absolute Gasteiger partial charge is 0.266 e. The number of sulfonamides is 1. The van der Waals surface area contributed by atoms with E-state index in [-0.39, 0.29) is 16.8 Å². The summed E-state index contributed by atoms with van der Waals surface area (Å²) in [5.74, 6) is 0.178. The number of ether oxygens (including phenoxy) is 1. The zero-order valence-corrected chi connectivity index (χ0v) is 12.2. The van der Waals surface area contributed by atoms with Gasteiger partial charge in [-0.25, -0.2) is 13.4 Å². The molecule has 9 heteroatoms. The number of rotatable bonds is 4. The first kappa shape index (κ1) is 14.0. The molecule has 1 atom stereocenters. The van der Waals surface area contributed by atoms with Crippen molar-refractivity contribution in [3.8, 4) is 0 Å². The highest BCUT2D eigenvalue weighted by Crippen LogP contribution is 2.20. The minimum atomic E-state index is -3.71. The first-order valence-corrected chi connectivity index (χ1v) is 7.96. The predicted molar refractivity (Wildman–Crippen MR) is 74.3 cm³/mol. The Balaban J connectivity index is 1.79. The van der Waals surface area contributed by atoms with Crippen molar-refractivity contribution in [2.45, 2.75) is 24.3 Å². The molecule has 2 aromatic rings. The van der Waals surface area contributed by atoms with E-state index in [0.29, 0.717) is 18.9 Å². The molecule has 0 spiro atoms. The van der Waals surface area contributed by atoms with E-state index in [1.165, 1.54) is 24.8 Å². The lowest BCUT2D eigenvalue weighted by Crippen LogP contribution is -2.14. The second-order valence-corrected chi connectivity index (χ2v) is 6.50. The molecular formula is C12H15N5O3S. The fraction of sp³-hybridized carbons (Fsp3) is 0.417. The van der Waals surface area contributed by atoms with Crippen LogP contribution in [0.15, 0.2) is 29.7 Å². The molecule has 1 N–H and O–H groups in total. The van der Waals surface area contributed by atoms with Crippen LogP contribution in [0, 0.1) is 6.92 Å². The standard InChI is InChI=1S/C12H15N5O3S/c1-9-4-14-12(6-13-9)16-21(18,19)11-5-15-17(7-11)10-2-3-20-8-10/h4-7,10H,2-3,8H2,1H3,(H,14,16). The molecule has 1 unspecified atom stereocenters. The van der Waals surface area contributed by atoms with E-state index in [9.17, 15) is 8.42 Å². The number of hydrogen-bond acceptors (Lipinski definition) is 6. The van der Waals surface area contributed by atoms with Crippen LogP contribution in [0.4, 0.5) is 5.82 Å². The van der Waals surface area contributed by atoms with E-state index in [2.05, 4.69) is 19.8 Å². The second kappa shape index (κ2) is 5.41. The highest BCUT2D eigenvalue weighted by molar-refractivity contribution is 7.92. The molecule has 0 radical (unpaired) electrons. The van der Waals surface area contributed by atoms with Crippen LogP contribution in [-0.2, 0) is 14.8 Å². The summed E-state index contributed by atoms with van der Waals surface area (Å²) in [6.45, 7) is 3.00.